The Labute approximate surface area is 192 Å². The molecule has 0 amide bonds. The van der Waals surface area contributed by atoms with Crippen LogP contribution in [0.4, 0.5) is 5.82 Å². The smallest absolute Gasteiger partial charge is 0.140 e. The predicted octanol–water partition coefficient (Wildman–Crippen LogP) is 5.26. The van der Waals surface area contributed by atoms with Crippen LogP contribution in [-0.4, -0.2) is 48.1 Å². The SMILES string of the molecule is Cc1ccc2c(c1)Cc1nc(Cc3ccccc3)nc(N(C)CCCN3CCCCC3)c1-2. The van der Waals surface area contributed by atoms with Crippen LogP contribution in [-0.2, 0) is 12.8 Å². The molecule has 0 atom stereocenters. The maximum Gasteiger partial charge on any atom is 0.140 e. The Kier molecular flexibility index (Phi) is 6.22. The quantitative estimate of drug-likeness (QED) is 0.404. The number of hydrogen-bond acceptors (Lipinski definition) is 4. The molecule has 2 aliphatic rings. The zero-order valence-electron chi connectivity index (χ0n) is 19.5. The van der Waals surface area contributed by atoms with Crippen molar-refractivity contribution < 1.29 is 0 Å². The third-order valence-corrected chi connectivity index (χ3v) is 6.88. The van der Waals surface area contributed by atoms with Gasteiger partial charge in [0.05, 0.1) is 5.69 Å². The van der Waals surface area contributed by atoms with Crippen molar-refractivity contribution in [3.05, 3.63) is 76.7 Å². The monoisotopic (exact) mass is 426 g/mol. The van der Waals surface area contributed by atoms with Crippen LogP contribution in [0.25, 0.3) is 11.1 Å². The van der Waals surface area contributed by atoms with E-state index in [2.05, 4.69) is 72.3 Å². The van der Waals surface area contributed by atoms with E-state index in [0.717, 1.165) is 31.0 Å². The first-order valence-corrected chi connectivity index (χ1v) is 12.1. The highest BCUT2D eigenvalue weighted by Gasteiger charge is 2.27. The van der Waals surface area contributed by atoms with E-state index in [4.69, 9.17) is 9.97 Å². The van der Waals surface area contributed by atoms with Gasteiger partial charge in [-0.2, -0.15) is 0 Å². The van der Waals surface area contributed by atoms with Gasteiger partial charge in [-0.3, -0.25) is 0 Å². The first kappa shape index (κ1) is 21.1. The minimum Gasteiger partial charge on any atom is -0.359 e. The molecule has 1 fully saturated rings. The van der Waals surface area contributed by atoms with Crippen molar-refractivity contribution in [3.8, 4) is 11.1 Å². The molecule has 2 heterocycles. The average Bonchev–Trinajstić information content (AvgIpc) is 3.17. The molecule has 4 heteroatoms. The van der Waals surface area contributed by atoms with Crippen molar-refractivity contribution in [2.24, 2.45) is 0 Å². The van der Waals surface area contributed by atoms with Crippen molar-refractivity contribution in [1.82, 2.24) is 14.9 Å². The summed E-state index contributed by atoms with van der Waals surface area (Å²) in [7, 11) is 2.21. The van der Waals surface area contributed by atoms with Crippen LogP contribution in [0, 0.1) is 6.92 Å². The standard InChI is InChI=1S/C28H34N4/c1-21-12-13-24-23(18-21)20-25-27(24)28(30-26(29-25)19-22-10-5-3-6-11-22)31(2)14-9-17-32-15-7-4-8-16-32/h3,5-6,10-13,18H,4,7-9,14-17,19-20H2,1-2H3. The first-order valence-electron chi connectivity index (χ1n) is 12.1. The van der Waals surface area contributed by atoms with Crippen LogP contribution in [0.3, 0.4) is 0 Å². The lowest BCUT2D eigenvalue weighted by atomic mass is 10.0. The minimum atomic E-state index is 0.776. The summed E-state index contributed by atoms with van der Waals surface area (Å²) in [5.41, 5.74) is 7.70. The molecule has 0 bridgehead atoms. The number of benzene rings is 2. The summed E-state index contributed by atoms with van der Waals surface area (Å²) < 4.78 is 0. The normalized spacial score (nSPS) is 15.4. The van der Waals surface area contributed by atoms with Gasteiger partial charge < -0.3 is 9.80 Å². The number of rotatable bonds is 7. The van der Waals surface area contributed by atoms with Crippen LogP contribution < -0.4 is 4.90 Å². The highest BCUT2D eigenvalue weighted by molar-refractivity contribution is 5.84. The molecule has 0 saturated carbocycles. The largest absolute Gasteiger partial charge is 0.359 e. The molecular formula is C28H34N4. The van der Waals surface area contributed by atoms with Crippen molar-refractivity contribution in [2.75, 3.05) is 38.1 Å². The van der Waals surface area contributed by atoms with E-state index in [1.165, 1.54) is 78.8 Å². The molecule has 0 N–H and O–H groups in total. The van der Waals surface area contributed by atoms with Crippen molar-refractivity contribution in [3.63, 3.8) is 0 Å². The molecule has 2 aromatic carbocycles. The van der Waals surface area contributed by atoms with Gasteiger partial charge in [0.25, 0.3) is 0 Å². The van der Waals surface area contributed by atoms with Crippen LogP contribution in [0.2, 0.25) is 0 Å². The fraction of sp³-hybridized carbons (Fsp3) is 0.429. The molecule has 4 nitrogen and oxygen atoms in total. The Hall–Kier alpha value is -2.72. The predicted molar refractivity (Wildman–Crippen MR) is 132 cm³/mol. The molecule has 1 aliphatic heterocycles. The fourth-order valence-electron chi connectivity index (χ4n) is 5.19. The van der Waals surface area contributed by atoms with Gasteiger partial charge in [-0.25, -0.2) is 9.97 Å². The van der Waals surface area contributed by atoms with Gasteiger partial charge >= 0.3 is 0 Å². The molecule has 1 aromatic heterocycles. The molecule has 1 aliphatic carbocycles. The first-order chi connectivity index (χ1) is 15.7. The number of likely N-dealkylation sites (tertiary alicyclic amines) is 1. The van der Waals surface area contributed by atoms with Gasteiger partial charge in [0.2, 0.25) is 0 Å². The molecule has 3 aromatic rings. The summed E-state index contributed by atoms with van der Waals surface area (Å²) in [5, 5.41) is 0. The van der Waals surface area contributed by atoms with Crippen LogP contribution in [0.1, 0.15) is 53.9 Å². The lowest BCUT2D eigenvalue weighted by Crippen LogP contribution is -2.33. The molecule has 0 radical (unpaired) electrons. The number of anilines is 1. The van der Waals surface area contributed by atoms with E-state index in [1.807, 2.05) is 0 Å². The third-order valence-electron chi connectivity index (χ3n) is 6.88. The Bertz CT molecular complexity index is 1070. The maximum absolute atomic E-state index is 5.13. The zero-order valence-corrected chi connectivity index (χ0v) is 19.5. The van der Waals surface area contributed by atoms with E-state index < -0.39 is 0 Å². The Morgan fingerprint density at radius 1 is 0.969 bits per heavy atom. The zero-order chi connectivity index (χ0) is 21.9. The number of aromatic nitrogens is 2. The van der Waals surface area contributed by atoms with Crippen LogP contribution in [0.15, 0.2) is 48.5 Å². The second-order valence-corrected chi connectivity index (χ2v) is 9.46. The number of hydrogen-bond donors (Lipinski definition) is 0. The van der Waals surface area contributed by atoms with Gasteiger partial charge in [-0.15, -0.1) is 0 Å². The summed E-state index contributed by atoms with van der Waals surface area (Å²) in [6.07, 6.45) is 6.96. The lowest BCUT2D eigenvalue weighted by molar-refractivity contribution is 0.227. The lowest BCUT2D eigenvalue weighted by Gasteiger charge is -2.28. The summed E-state index contributed by atoms with van der Waals surface area (Å²) in [5.74, 6) is 2.03. The van der Waals surface area contributed by atoms with Gasteiger partial charge in [-0.1, -0.05) is 60.5 Å². The average molecular weight is 427 g/mol. The summed E-state index contributed by atoms with van der Waals surface area (Å²) in [6.45, 7) is 6.90. The molecule has 5 rings (SSSR count). The minimum absolute atomic E-state index is 0.776. The molecule has 0 unspecified atom stereocenters. The van der Waals surface area contributed by atoms with E-state index >= 15 is 0 Å². The van der Waals surface area contributed by atoms with Crippen molar-refractivity contribution >= 4 is 5.82 Å². The number of nitrogens with zero attached hydrogens (tertiary/aromatic N) is 4. The second kappa shape index (κ2) is 9.41. The maximum atomic E-state index is 5.13. The second-order valence-electron chi connectivity index (χ2n) is 9.46. The molecule has 166 valence electrons. The van der Waals surface area contributed by atoms with Crippen LogP contribution in [0.5, 0.6) is 0 Å². The topological polar surface area (TPSA) is 32.3 Å². The molecule has 1 saturated heterocycles. The Balaban J connectivity index is 1.41. The van der Waals surface area contributed by atoms with E-state index in [9.17, 15) is 0 Å². The fourth-order valence-corrected chi connectivity index (χ4v) is 5.19. The summed E-state index contributed by atoms with van der Waals surface area (Å²) in [4.78, 5) is 15.2. The van der Waals surface area contributed by atoms with Crippen LogP contribution >= 0.6 is 0 Å². The molecular weight excluding hydrogens is 392 g/mol. The Morgan fingerprint density at radius 2 is 1.78 bits per heavy atom. The van der Waals surface area contributed by atoms with Gasteiger partial charge in [0, 0.05) is 32.0 Å². The molecule has 32 heavy (non-hydrogen) atoms. The highest BCUT2D eigenvalue weighted by atomic mass is 15.2. The Morgan fingerprint density at radius 3 is 2.59 bits per heavy atom. The highest BCUT2D eigenvalue weighted by Crippen LogP contribution is 2.41. The summed E-state index contributed by atoms with van der Waals surface area (Å²) in [6, 6.07) is 17.4. The number of piperidine rings is 1. The third kappa shape index (κ3) is 4.56. The van der Waals surface area contributed by atoms with Crippen molar-refractivity contribution in [2.45, 2.75) is 45.4 Å². The van der Waals surface area contributed by atoms with E-state index in [-0.39, 0.29) is 0 Å². The van der Waals surface area contributed by atoms with Crippen molar-refractivity contribution in [1.29, 1.82) is 0 Å². The van der Waals surface area contributed by atoms with E-state index in [1.54, 1.807) is 0 Å². The summed E-state index contributed by atoms with van der Waals surface area (Å²) >= 11 is 0. The van der Waals surface area contributed by atoms with E-state index in [0.29, 0.717) is 0 Å². The van der Waals surface area contributed by atoms with Gasteiger partial charge in [-0.05, 0) is 62.5 Å². The molecule has 0 spiro atoms. The number of aryl methyl sites for hydroxylation is 1. The number of fused-ring (bicyclic) bond motifs is 3. The van der Waals surface area contributed by atoms with Gasteiger partial charge in [0.15, 0.2) is 0 Å². The van der Waals surface area contributed by atoms with Gasteiger partial charge in [0.1, 0.15) is 11.6 Å².